The second-order valence-corrected chi connectivity index (χ2v) is 2.65. The summed E-state index contributed by atoms with van der Waals surface area (Å²) in [5.41, 5.74) is 0. The molecule has 6 heavy (non-hydrogen) atoms. The summed E-state index contributed by atoms with van der Waals surface area (Å²) in [5, 5.41) is 0. The predicted molar refractivity (Wildman–Crippen MR) is 5.81 cm³/mol. The average Bonchev–Trinajstić information content (AvgIpc) is 0.722. The molecule has 0 saturated heterocycles. The zero-order valence-corrected chi connectivity index (χ0v) is 5.68. The molecule has 0 heterocycles. The summed E-state index contributed by atoms with van der Waals surface area (Å²) in [5.74, 6) is 0. The predicted octanol–water partition coefficient (Wildman–Crippen LogP) is -1.36. The third-order valence-electron chi connectivity index (χ3n) is 0. The van der Waals surface area contributed by atoms with E-state index in [-0.39, 0.29) is 17.1 Å². The SMILES string of the molecule is [Mn].[O]=[Mo](=[O])([OH])[OH]. The van der Waals surface area contributed by atoms with Crippen molar-refractivity contribution in [2.24, 2.45) is 0 Å². The van der Waals surface area contributed by atoms with Gasteiger partial charge in [0, 0.05) is 17.1 Å². The van der Waals surface area contributed by atoms with Crippen molar-refractivity contribution < 1.29 is 48.1 Å². The van der Waals surface area contributed by atoms with Crippen molar-refractivity contribution in [3.05, 3.63) is 0 Å². The Labute approximate surface area is 48.4 Å². The van der Waals surface area contributed by atoms with Gasteiger partial charge in [-0.1, -0.05) is 0 Å². The molecular weight excluding hydrogens is 215 g/mol. The van der Waals surface area contributed by atoms with Crippen molar-refractivity contribution in [2.75, 3.05) is 0 Å². The zero-order valence-electron chi connectivity index (χ0n) is 2.50. The van der Waals surface area contributed by atoms with Crippen LogP contribution in [0, 0.1) is 0 Å². The molecule has 0 aromatic carbocycles. The average molecular weight is 217 g/mol. The Morgan fingerprint density at radius 1 is 1.17 bits per heavy atom. The Morgan fingerprint density at radius 2 is 1.17 bits per heavy atom. The van der Waals surface area contributed by atoms with E-state index in [2.05, 4.69) is 0 Å². The summed E-state index contributed by atoms with van der Waals surface area (Å²) in [6.45, 7) is 0. The summed E-state index contributed by atoms with van der Waals surface area (Å²) >= 11 is -5.52. The summed E-state index contributed by atoms with van der Waals surface area (Å²) in [6, 6.07) is 0. The number of hydrogen-bond donors (Lipinski definition) is 2. The molecule has 39 valence electrons. The van der Waals surface area contributed by atoms with Crippen molar-refractivity contribution in [3.63, 3.8) is 0 Å². The molecule has 0 bridgehead atoms. The van der Waals surface area contributed by atoms with E-state index in [4.69, 9.17) is 14.3 Å². The first kappa shape index (κ1) is 9.87. The zero-order chi connectivity index (χ0) is 4.50. The van der Waals surface area contributed by atoms with Crippen LogP contribution in [0.15, 0.2) is 0 Å². The topological polar surface area (TPSA) is 74.6 Å². The molecule has 0 aliphatic rings. The van der Waals surface area contributed by atoms with E-state index in [1.165, 1.54) is 0 Å². The van der Waals surface area contributed by atoms with Crippen molar-refractivity contribution in [1.82, 2.24) is 0 Å². The molecule has 0 fully saturated rings. The molecule has 0 aliphatic carbocycles. The van der Waals surface area contributed by atoms with E-state index in [0.717, 1.165) is 0 Å². The summed E-state index contributed by atoms with van der Waals surface area (Å²) in [6.07, 6.45) is 0. The van der Waals surface area contributed by atoms with E-state index in [0.29, 0.717) is 0 Å². The molecule has 0 aliphatic heterocycles. The molecule has 0 aromatic heterocycles. The first-order valence-electron chi connectivity index (χ1n) is 0.698. The van der Waals surface area contributed by atoms with Crippen molar-refractivity contribution in [1.29, 1.82) is 0 Å². The molecule has 0 amide bonds. The van der Waals surface area contributed by atoms with Crippen LogP contribution in [-0.2, 0) is 40.6 Å². The van der Waals surface area contributed by atoms with Gasteiger partial charge in [-0.2, -0.15) is 0 Å². The molecule has 1 radical (unpaired) electrons. The number of rotatable bonds is 0. The van der Waals surface area contributed by atoms with Crippen molar-refractivity contribution in [2.45, 2.75) is 0 Å². The van der Waals surface area contributed by atoms with Gasteiger partial charge in [-0.05, 0) is 0 Å². The third-order valence-corrected chi connectivity index (χ3v) is 0. The van der Waals surface area contributed by atoms with Gasteiger partial charge in [0.2, 0.25) is 0 Å². The van der Waals surface area contributed by atoms with Crippen LogP contribution in [0.3, 0.4) is 0 Å². The monoisotopic (exact) mass is 219 g/mol. The molecule has 0 saturated carbocycles. The molecule has 0 rings (SSSR count). The Bertz CT molecular complexity index is 90.7. The Balaban J connectivity index is 0. The van der Waals surface area contributed by atoms with Crippen LogP contribution < -0.4 is 0 Å². The molecule has 2 N–H and O–H groups in total. The minimum atomic E-state index is -5.52. The van der Waals surface area contributed by atoms with Crippen LogP contribution in [0.5, 0.6) is 0 Å². The molecule has 0 unspecified atom stereocenters. The van der Waals surface area contributed by atoms with Crippen LogP contribution in [0.25, 0.3) is 0 Å². The minimum absolute atomic E-state index is 0. The van der Waals surface area contributed by atoms with E-state index < -0.39 is 16.7 Å². The van der Waals surface area contributed by atoms with Crippen molar-refractivity contribution in [3.8, 4) is 0 Å². The normalized spacial score (nSPS) is 9.67. The quantitative estimate of drug-likeness (QED) is 0.491. The van der Waals surface area contributed by atoms with Crippen LogP contribution >= 0.6 is 0 Å². The molecular formula is H2MnMoO4. The van der Waals surface area contributed by atoms with Gasteiger partial charge >= 0.3 is 31.1 Å². The Kier molecular flexibility index (Phi) is 4.66. The van der Waals surface area contributed by atoms with Crippen LogP contribution in [-0.4, -0.2) is 7.52 Å². The maximum atomic E-state index is 8.85. The van der Waals surface area contributed by atoms with E-state index in [9.17, 15) is 0 Å². The summed E-state index contributed by atoms with van der Waals surface area (Å²) < 4.78 is 32.0. The van der Waals surface area contributed by atoms with Gasteiger partial charge in [-0.15, -0.1) is 0 Å². The Morgan fingerprint density at radius 3 is 1.17 bits per heavy atom. The van der Waals surface area contributed by atoms with E-state index in [1.807, 2.05) is 0 Å². The van der Waals surface area contributed by atoms with Gasteiger partial charge in [-0.25, -0.2) is 0 Å². The second-order valence-electron chi connectivity index (χ2n) is 0.448. The van der Waals surface area contributed by atoms with Gasteiger partial charge in [0.05, 0.1) is 0 Å². The summed E-state index contributed by atoms with van der Waals surface area (Å²) in [7, 11) is 0. The maximum absolute atomic E-state index is 8.85. The third kappa shape index (κ3) is 124. The standard InChI is InChI=1S/Mn.Mo.2H2O.2O/h;;2*1H2;;/q;+2;;;;/p-2. The molecule has 0 spiro atoms. The fourth-order valence-corrected chi connectivity index (χ4v) is 0. The van der Waals surface area contributed by atoms with Gasteiger partial charge < -0.3 is 0 Å². The molecule has 0 atom stereocenters. The van der Waals surface area contributed by atoms with Crippen LogP contribution in [0.2, 0.25) is 0 Å². The summed E-state index contributed by atoms with van der Waals surface area (Å²) in [4.78, 5) is 0. The number of hydrogen-bond acceptors (Lipinski definition) is 2. The fourth-order valence-electron chi connectivity index (χ4n) is 0. The van der Waals surface area contributed by atoms with Gasteiger partial charge in [0.25, 0.3) is 0 Å². The Hall–Kier alpha value is 0.728. The molecule has 6 heteroatoms. The molecule has 4 nitrogen and oxygen atoms in total. The second kappa shape index (κ2) is 2.83. The van der Waals surface area contributed by atoms with E-state index in [1.54, 1.807) is 0 Å². The first-order chi connectivity index (χ1) is 2.00. The molecule has 0 aromatic rings. The van der Waals surface area contributed by atoms with Crippen LogP contribution in [0.4, 0.5) is 0 Å². The van der Waals surface area contributed by atoms with Gasteiger partial charge in [-0.3, -0.25) is 0 Å². The first-order valence-corrected chi connectivity index (χ1v) is 4.13. The van der Waals surface area contributed by atoms with Gasteiger partial charge in [0.1, 0.15) is 0 Å². The van der Waals surface area contributed by atoms with Crippen molar-refractivity contribution >= 4 is 0 Å². The fraction of sp³-hybridized carbons (Fsp3) is 0. The van der Waals surface area contributed by atoms with Crippen LogP contribution in [0.1, 0.15) is 0 Å². The van der Waals surface area contributed by atoms with E-state index >= 15 is 0 Å². The van der Waals surface area contributed by atoms with Gasteiger partial charge in [0.15, 0.2) is 0 Å².